The Morgan fingerprint density at radius 1 is 1.07 bits per heavy atom. The van der Waals surface area contributed by atoms with Gasteiger partial charge in [0.1, 0.15) is 11.5 Å². The average molecular weight is 554 g/mol. The van der Waals surface area contributed by atoms with Gasteiger partial charge in [0.15, 0.2) is 0 Å². The number of hydrogen-bond acceptors (Lipinski definition) is 9. The van der Waals surface area contributed by atoms with Crippen LogP contribution in [0.1, 0.15) is 66.2 Å². The van der Waals surface area contributed by atoms with E-state index in [1.807, 2.05) is 4.90 Å². The number of methoxy groups -OCH3 is 2. The van der Waals surface area contributed by atoms with Crippen molar-refractivity contribution in [2.24, 2.45) is 0 Å². The molecule has 3 saturated heterocycles. The van der Waals surface area contributed by atoms with Gasteiger partial charge in [-0.2, -0.15) is 9.97 Å². The summed E-state index contributed by atoms with van der Waals surface area (Å²) in [5.74, 6) is 0.467. The summed E-state index contributed by atoms with van der Waals surface area (Å²) >= 11 is 0. The molecule has 0 bridgehead atoms. The van der Waals surface area contributed by atoms with Crippen molar-refractivity contribution in [2.45, 2.75) is 75.8 Å². The molecule has 1 aromatic heterocycles. The number of carbonyl (C=O) groups excluding carboxylic acids is 1. The molecule has 218 valence electrons. The predicted molar refractivity (Wildman–Crippen MR) is 152 cm³/mol. The number of aromatic nitrogens is 2. The first-order valence-corrected chi connectivity index (χ1v) is 14.6. The highest BCUT2D eigenvalue weighted by molar-refractivity contribution is 5.93. The lowest BCUT2D eigenvalue weighted by Gasteiger charge is -2.38. The predicted octanol–water partition coefficient (Wildman–Crippen LogP) is 3.51. The summed E-state index contributed by atoms with van der Waals surface area (Å²) < 4.78 is 22.9. The number of likely N-dealkylation sites (tertiary alicyclic amines) is 1. The first kappa shape index (κ1) is 28.7. The van der Waals surface area contributed by atoms with Crippen molar-refractivity contribution in [3.63, 3.8) is 0 Å². The lowest BCUT2D eigenvalue weighted by Crippen LogP contribution is -2.54. The second-order valence-electron chi connectivity index (χ2n) is 11.1. The molecule has 40 heavy (non-hydrogen) atoms. The molecule has 1 amide bonds. The number of amides is 1. The minimum atomic E-state index is -0.101. The highest BCUT2D eigenvalue weighted by atomic mass is 16.5. The summed E-state index contributed by atoms with van der Waals surface area (Å²) in [6, 6.07) is 11.1. The number of rotatable bonds is 9. The topological polar surface area (TPSA) is 107 Å². The van der Waals surface area contributed by atoms with Gasteiger partial charge in [0.05, 0.1) is 32.0 Å². The lowest BCUT2D eigenvalue weighted by molar-refractivity contribution is -0.0533. The Morgan fingerprint density at radius 3 is 2.62 bits per heavy atom. The van der Waals surface area contributed by atoms with Gasteiger partial charge in [-0.25, -0.2) is 0 Å². The fraction of sp³-hybridized carbons (Fsp3) is 0.633. The first-order chi connectivity index (χ1) is 19.5. The Bertz CT molecular complexity index is 1110. The third-order valence-electron chi connectivity index (χ3n) is 8.26. The number of benzene rings is 1. The van der Waals surface area contributed by atoms with Gasteiger partial charge in [-0.05, 0) is 51.0 Å². The molecule has 0 unspecified atom stereocenters. The van der Waals surface area contributed by atoms with Crippen LogP contribution in [0.4, 0.5) is 5.82 Å². The maximum absolute atomic E-state index is 13.4. The molecule has 0 saturated carbocycles. The van der Waals surface area contributed by atoms with Crippen molar-refractivity contribution >= 4 is 11.7 Å². The molecule has 3 aliphatic rings. The average Bonchev–Trinajstić information content (AvgIpc) is 3.00. The number of anilines is 1. The van der Waals surface area contributed by atoms with Crippen molar-refractivity contribution in [3.8, 4) is 6.01 Å². The standard InChI is InChI=1S/C30H43N5O5/c1-20-7-9-21(10-8-20)26-6-4-5-23(40-26)18-31-28-17-25(33-30(34-28)38-3)29(36)35-14-11-22(12-15-35)32-24-13-16-39-19-27(24)37-2/h7-10,17,22-24,26-27,32H,4-6,11-16,18-19H2,1-3H3,(H,31,33,34)/t23-,24+,26+,27-/m1/s1. The smallest absolute Gasteiger partial charge is 0.318 e. The van der Waals surface area contributed by atoms with E-state index in [0.29, 0.717) is 43.8 Å². The van der Waals surface area contributed by atoms with Crippen molar-refractivity contribution in [2.75, 3.05) is 52.4 Å². The van der Waals surface area contributed by atoms with Crippen LogP contribution in [0.5, 0.6) is 6.01 Å². The number of nitrogens with one attached hydrogen (secondary N) is 2. The van der Waals surface area contributed by atoms with E-state index in [2.05, 4.69) is 51.8 Å². The van der Waals surface area contributed by atoms with Gasteiger partial charge in [0, 0.05) is 51.5 Å². The van der Waals surface area contributed by atoms with E-state index < -0.39 is 0 Å². The first-order valence-electron chi connectivity index (χ1n) is 14.6. The molecule has 2 aromatic rings. The van der Waals surface area contributed by atoms with E-state index in [9.17, 15) is 4.79 Å². The Labute approximate surface area is 237 Å². The van der Waals surface area contributed by atoms with Crippen LogP contribution in [-0.4, -0.2) is 92.1 Å². The van der Waals surface area contributed by atoms with Crippen LogP contribution < -0.4 is 15.4 Å². The molecular formula is C30H43N5O5. The van der Waals surface area contributed by atoms with E-state index in [1.165, 1.54) is 18.2 Å². The fourth-order valence-corrected chi connectivity index (χ4v) is 5.86. The van der Waals surface area contributed by atoms with Gasteiger partial charge in [0.2, 0.25) is 0 Å². The van der Waals surface area contributed by atoms with Crippen LogP contribution in [0, 0.1) is 6.92 Å². The van der Waals surface area contributed by atoms with Crippen molar-refractivity contribution in [1.29, 1.82) is 0 Å². The Hall–Kier alpha value is -2.79. The molecule has 4 heterocycles. The normalized spacial score (nSPS) is 25.9. The van der Waals surface area contributed by atoms with Crippen LogP contribution in [0.3, 0.4) is 0 Å². The number of hydrogen-bond donors (Lipinski definition) is 2. The second-order valence-corrected chi connectivity index (χ2v) is 11.1. The largest absolute Gasteiger partial charge is 0.467 e. The summed E-state index contributed by atoms with van der Waals surface area (Å²) in [4.78, 5) is 24.1. The third kappa shape index (κ3) is 7.28. The van der Waals surface area contributed by atoms with Crippen LogP contribution >= 0.6 is 0 Å². The molecule has 2 N–H and O–H groups in total. The quantitative estimate of drug-likeness (QED) is 0.482. The SMILES string of the molecule is COc1nc(NC[C@H]2CCC[C@@H](c3ccc(C)cc3)O2)cc(C(=O)N2CCC(N[C@H]3CCOC[C@H]3OC)CC2)n1. The molecule has 0 spiro atoms. The Balaban J connectivity index is 1.15. The minimum absolute atomic E-state index is 0.0557. The summed E-state index contributed by atoms with van der Waals surface area (Å²) in [6.45, 7) is 5.41. The highest BCUT2D eigenvalue weighted by Gasteiger charge is 2.31. The molecule has 3 fully saturated rings. The van der Waals surface area contributed by atoms with E-state index in [1.54, 1.807) is 13.2 Å². The van der Waals surface area contributed by atoms with Crippen LogP contribution in [0.15, 0.2) is 30.3 Å². The highest BCUT2D eigenvalue weighted by Crippen LogP contribution is 2.31. The summed E-state index contributed by atoms with van der Waals surface area (Å²) in [6.07, 6.45) is 6.03. The Kier molecular flexibility index (Phi) is 9.85. The zero-order valence-corrected chi connectivity index (χ0v) is 23.9. The number of ether oxygens (including phenoxy) is 4. The van der Waals surface area contributed by atoms with Gasteiger partial charge in [-0.1, -0.05) is 29.8 Å². The van der Waals surface area contributed by atoms with Gasteiger partial charge < -0.3 is 34.5 Å². The number of carbonyl (C=O) groups is 1. The fourth-order valence-electron chi connectivity index (χ4n) is 5.86. The zero-order valence-electron chi connectivity index (χ0n) is 23.9. The summed E-state index contributed by atoms with van der Waals surface area (Å²) in [5.41, 5.74) is 2.81. The Morgan fingerprint density at radius 2 is 1.88 bits per heavy atom. The van der Waals surface area contributed by atoms with E-state index in [0.717, 1.165) is 45.1 Å². The van der Waals surface area contributed by atoms with Gasteiger partial charge >= 0.3 is 6.01 Å². The monoisotopic (exact) mass is 553 g/mol. The van der Waals surface area contributed by atoms with Crippen molar-refractivity contribution in [1.82, 2.24) is 20.2 Å². The van der Waals surface area contributed by atoms with E-state index >= 15 is 0 Å². The van der Waals surface area contributed by atoms with Gasteiger partial charge in [-0.3, -0.25) is 4.79 Å². The number of nitrogens with zero attached hydrogens (tertiary/aromatic N) is 3. The third-order valence-corrected chi connectivity index (χ3v) is 8.26. The molecule has 0 radical (unpaired) electrons. The minimum Gasteiger partial charge on any atom is -0.467 e. The molecule has 10 nitrogen and oxygen atoms in total. The van der Waals surface area contributed by atoms with Crippen LogP contribution in [-0.2, 0) is 14.2 Å². The van der Waals surface area contributed by atoms with Gasteiger partial charge in [-0.15, -0.1) is 0 Å². The van der Waals surface area contributed by atoms with Crippen molar-refractivity contribution in [3.05, 3.63) is 47.2 Å². The number of aryl methyl sites for hydroxylation is 1. The molecule has 10 heteroatoms. The van der Waals surface area contributed by atoms with Crippen LogP contribution in [0.2, 0.25) is 0 Å². The lowest BCUT2D eigenvalue weighted by atomic mass is 9.97. The molecule has 5 rings (SSSR count). The molecule has 3 aliphatic heterocycles. The van der Waals surface area contributed by atoms with E-state index in [4.69, 9.17) is 18.9 Å². The maximum atomic E-state index is 13.4. The molecule has 0 aliphatic carbocycles. The summed E-state index contributed by atoms with van der Waals surface area (Å²) in [7, 11) is 3.25. The van der Waals surface area contributed by atoms with E-state index in [-0.39, 0.29) is 36.3 Å². The van der Waals surface area contributed by atoms with Crippen LogP contribution in [0.25, 0.3) is 0 Å². The number of piperidine rings is 1. The van der Waals surface area contributed by atoms with Gasteiger partial charge in [0.25, 0.3) is 5.91 Å². The van der Waals surface area contributed by atoms with Crippen molar-refractivity contribution < 1.29 is 23.7 Å². The summed E-state index contributed by atoms with van der Waals surface area (Å²) in [5, 5.41) is 7.11. The zero-order chi connectivity index (χ0) is 27.9. The second kappa shape index (κ2) is 13.7. The molecular weight excluding hydrogens is 510 g/mol. The molecule has 4 atom stereocenters. The molecule has 1 aromatic carbocycles. The maximum Gasteiger partial charge on any atom is 0.318 e.